The number of rotatable bonds is 8. The van der Waals surface area contributed by atoms with Gasteiger partial charge in [-0.1, -0.05) is 32.9 Å². The molecule has 51 heavy (non-hydrogen) atoms. The zero-order chi connectivity index (χ0) is 36.4. The molecule has 2 saturated heterocycles. The number of carbonyl (C=O) groups excluding carboxylic acids is 3. The van der Waals surface area contributed by atoms with E-state index < -0.39 is 55.7 Å². The number of carbonyl (C=O) groups is 3. The van der Waals surface area contributed by atoms with Gasteiger partial charge in [-0.25, -0.2) is 4.39 Å². The maximum atomic E-state index is 13.7. The lowest BCUT2D eigenvalue weighted by Gasteiger charge is -2.39. The van der Waals surface area contributed by atoms with Gasteiger partial charge >= 0.3 is 5.97 Å². The third-order valence-corrected chi connectivity index (χ3v) is 15.1. The van der Waals surface area contributed by atoms with Gasteiger partial charge in [-0.15, -0.1) is 0 Å². The summed E-state index contributed by atoms with van der Waals surface area (Å²) in [4.78, 5) is 46.6. The molecule has 3 aliphatic heterocycles. The van der Waals surface area contributed by atoms with Crippen molar-refractivity contribution in [2.75, 3.05) is 27.6 Å². The largest absolute Gasteiger partial charge is 0.539 e. The number of fused-ring (bicyclic) bond motifs is 3. The molecule has 0 N–H and O–H groups in total. The van der Waals surface area contributed by atoms with Crippen molar-refractivity contribution < 1.29 is 46.9 Å². The summed E-state index contributed by atoms with van der Waals surface area (Å²) in [5.41, 5.74) is 2.91. The topological polar surface area (TPSA) is 122 Å². The van der Waals surface area contributed by atoms with E-state index in [9.17, 15) is 18.8 Å². The van der Waals surface area contributed by atoms with Crippen molar-refractivity contribution in [3.8, 4) is 28.7 Å². The number of amides is 2. The number of hydrogen-bond donors (Lipinski definition) is 0. The van der Waals surface area contributed by atoms with Crippen LogP contribution in [-0.4, -0.2) is 64.3 Å². The molecule has 0 saturated carbocycles. The predicted octanol–water partition coefficient (Wildman–Crippen LogP) is 6.33. The molecule has 0 spiro atoms. The van der Waals surface area contributed by atoms with Crippen molar-refractivity contribution in [2.45, 2.75) is 63.8 Å². The van der Waals surface area contributed by atoms with Crippen LogP contribution in [0.2, 0.25) is 18.1 Å². The molecular weight excluding hydrogens is 676 g/mol. The number of methoxy groups -OCH3 is 2. The number of benzene rings is 3. The van der Waals surface area contributed by atoms with Crippen LogP contribution in [0.25, 0.3) is 0 Å². The second kappa shape index (κ2) is 12.7. The number of hydrogen-bond acceptors (Lipinski definition) is 10. The molecule has 4 atom stereocenters. The van der Waals surface area contributed by atoms with Gasteiger partial charge < -0.3 is 28.1 Å². The van der Waals surface area contributed by atoms with Gasteiger partial charge in [0.2, 0.25) is 12.7 Å². The minimum Gasteiger partial charge on any atom is -0.539 e. The smallest absolute Gasteiger partial charge is 0.310 e. The maximum absolute atomic E-state index is 13.7. The van der Waals surface area contributed by atoms with Crippen LogP contribution >= 0.6 is 0 Å². The molecule has 7 rings (SSSR count). The van der Waals surface area contributed by atoms with Crippen molar-refractivity contribution in [1.29, 1.82) is 0 Å². The van der Waals surface area contributed by atoms with Gasteiger partial charge in [0.05, 0.1) is 45.8 Å². The molecule has 2 amide bonds. The number of nitrogens with zero attached hydrogens (tertiary/aromatic N) is 2. The summed E-state index contributed by atoms with van der Waals surface area (Å²) in [5.74, 6) is -0.974. The fourth-order valence-electron chi connectivity index (χ4n) is 7.07. The second-order valence-corrected chi connectivity index (χ2v) is 19.6. The minimum absolute atomic E-state index is 0.00850. The fourth-order valence-corrected chi connectivity index (χ4v) is 8.09. The van der Waals surface area contributed by atoms with Crippen LogP contribution in [0.1, 0.15) is 61.4 Å². The molecule has 3 aromatic carbocycles. The Morgan fingerprint density at radius 1 is 0.922 bits per heavy atom. The van der Waals surface area contributed by atoms with Crippen LogP contribution in [0.15, 0.2) is 53.5 Å². The van der Waals surface area contributed by atoms with Crippen molar-refractivity contribution in [1.82, 2.24) is 4.90 Å². The summed E-state index contributed by atoms with van der Waals surface area (Å²) in [5, 5.41) is -0.0902. The van der Waals surface area contributed by atoms with Crippen molar-refractivity contribution in [2.24, 2.45) is 16.8 Å². The normalized spacial score (nSPS) is 23.3. The molecule has 13 heteroatoms. The second-order valence-electron chi connectivity index (χ2n) is 14.9. The standard InChI is InChI=1S/C38H41FN2O9Si/c1-38(2,3)51(6,7)50-35-29(45-4)12-21(13-30(35)46-5)32-23-14-27-28(49-19-48-27)15-24(23)34(25-18-47-37(44)33(25)32)40-26-16-31(42)41(36(26)43)17-20-8-10-22(39)11-9-20/h8-15,25,32-34H,16-19H2,1-7H3/t25-,32+,33-,34+/m0/s1. The predicted molar refractivity (Wildman–Crippen MR) is 186 cm³/mol. The molecule has 0 unspecified atom stereocenters. The number of likely N-dealkylation sites (tertiary alicyclic amines) is 1. The van der Waals surface area contributed by atoms with Crippen molar-refractivity contribution >= 4 is 31.8 Å². The molecule has 4 aliphatic rings. The molecule has 0 bridgehead atoms. The Bertz CT molecular complexity index is 1930. The minimum atomic E-state index is -2.32. The first-order chi connectivity index (χ1) is 24.2. The Kier molecular flexibility index (Phi) is 8.60. The molecule has 3 aromatic rings. The quantitative estimate of drug-likeness (QED) is 0.150. The number of halogens is 1. The molecular formula is C38H41FN2O9Si. The zero-order valence-electron chi connectivity index (χ0n) is 29.7. The Labute approximate surface area is 296 Å². The average Bonchev–Trinajstić information content (AvgIpc) is 3.78. The highest BCUT2D eigenvalue weighted by molar-refractivity contribution is 6.74. The lowest BCUT2D eigenvalue weighted by atomic mass is 9.65. The van der Waals surface area contributed by atoms with Crippen LogP contribution in [0.4, 0.5) is 4.39 Å². The van der Waals surface area contributed by atoms with Crippen LogP contribution in [0, 0.1) is 17.7 Å². The Morgan fingerprint density at radius 3 is 2.16 bits per heavy atom. The van der Waals surface area contributed by atoms with E-state index in [1.165, 1.54) is 24.3 Å². The molecule has 2 fully saturated rings. The van der Waals surface area contributed by atoms with E-state index in [0.717, 1.165) is 21.6 Å². The summed E-state index contributed by atoms with van der Waals surface area (Å²) >= 11 is 0. The number of imide groups is 1. The van der Waals surface area contributed by atoms with Crippen LogP contribution in [-0.2, 0) is 25.7 Å². The molecule has 3 heterocycles. The van der Waals surface area contributed by atoms with E-state index in [1.807, 2.05) is 24.3 Å². The summed E-state index contributed by atoms with van der Waals surface area (Å²) in [6, 6.07) is 12.4. The van der Waals surface area contributed by atoms with E-state index in [1.54, 1.807) is 14.2 Å². The summed E-state index contributed by atoms with van der Waals surface area (Å²) in [6.07, 6.45) is -0.198. The highest BCUT2D eigenvalue weighted by Crippen LogP contribution is 2.57. The van der Waals surface area contributed by atoms with Crippen molar-refractivity contribution in [3.05, 3.63) is 76.6 Å². The number of cyclic esters (lactones) is 1. The summed E-state index contributed by atoms with van der Waals surface area (Å²) < 4.78 is 49.3. The van der Waals surface area contributed by atoms with Gasteiger partial charge in [0.15, 0.2) is 28.7 Å². The van der Waals surface area contributed by atoms with Crippen LogP contribution in [0.3, 0.4) is 0 Å². The van der Waals surface area contributed by atoms with E-state index in [0.29, 0.717) is 34.3 Å². The van der Waals surface area contributed by atoms with Gasteiger partial charge in [-0.3, -0.25) is 24.3 Å². The van der Waals surface area contributed by atoms with Crippen LogP contribution < -0.4 is 23.4 Å². The summed E-state index contributed by atoms with van der Waals surface area (Å²) in [6.45, 7) is 10.8. The highest BCUT2D eigenvalue weighted by atomic mass is 28.4. The first-order valence-corrected chi connectivity index (χ1v) is 19.8. The van der Waals surface area contributed by atoms with Gasteiger partial charge in [-0.2, -0.15) is 0 Å². The molecule has 11 nitrogen and oxygen atoms in total. The first kappa shape index (κ1) is 34.5. The van der Waals surface area contributed by atoms with E-state index in [2.05, 4.69) is 33.9 Å². The fraction of sp³-hybridized carbons (Fsp3) is 0.421. The highest BCUT2D eigenvalue weighted by Gasteiger charge is 2.53. The zero-order valence-corrected chi connectivity index (χ0v) is 30.7. The maximum Gasteiger partial charge on any atom is 0.310 e. The SMILES string of the molecule is COc1cc([C@@H]2c3cc4c(cc3[C@@H](N=C3CC(=O)N(Cc5ccc(F)cc5)C3=O)[C@H]3COC(=O)[C@H]23)OCO4)cc(OC)c1O[Si](C)(C)C(C)(C)C. The van der Waals surface area contributed by atoms with Crippen LogP contribution in [0.5, 0.6) is 28.7 Å². The monoisotopic (exact) mass is 716 g/mol. The summed E-state index contributed by atoms with van der Waals surface area (Å²) in [7, 11) is 0.827. The van der Waals surface area contributed by atoms with Crippen molar-refractivity contribution in [3.63, 3.8) is 0 Å². The number of aliphatic imine (C=N–C) groups is 1. The van der Waals surface area contributed by atoms with Gasteiger partial charge in [0.1, 0.15) is 11.5 Å². The van der Waals surface area contributed by atoms with E-state index in [4.69, 9.17) is 33.1 Å². The molecule has 0 radical (unpaired) electrons. The van der Waals surface area contributed by atoms with E-state index in [-0.39, 0.29) is 37.1 Å². The van der Waals surface area contributed by atoms with E-state index >= 15 is 0 Å². The number of ether oxygens (including phenoxy) is 5. The Hall–Kier alpha value is -4.91. The van der Waals surface area contributed by atoms with Gasteiger partial charge in [0, 0.05) is 11.8 Å². The molecule has 1 aliphatic carbocycles. The number of esters is 1. The average molecular weight is 717 g/mol. The van der Waals surface area contributed by atoms with Gasteiger partial charge in [0.25, 0.3) is 14.2 Å². The van der Waals surface area contributed by atoms with Gasteiger partial charge in [-0.05, 0) is 76.8 Å². The molecule has 0 aromatic heterocycles. The Morgan fingerprint density at radius 2 is 1.55 bits per heavy atom. The third-order valence-electron chi connectivity index (χ3n) is 10.8. The third kappa shape index (κ3) is 6.00. The molecule has 268 valence electrons. The first-order valence-electron chi connectivity index (χ1n) is 16.9. The lowest BCUT2D eigenvalue weighted by Crippen LogP contribution is -2.44. The Balaban J connectivity index is 1.33. The lowest BCUT2D eigenvalue weighted by molar-refractivity contribution is -0.142.